The van der Waals surface area contributed by atoms with E-state index in [9.17, 15) is 9.59 Å². The van der Waals surface area contributed by atoms with Crippen LogP contribution in [0.3, 0.4) is 0 Å². The maximum atomic E-state index is 9.86. The van der Waals surface area contributed by atoms with Crippen molar-refractivity contribution in [2.24, 2.45) is 11.5 Å². The standard InChI is InChI=1S/C5H10N2O2.2CH4/c6-4(2-8)1-5(7)3-9;;/h2-5H,1,6-7H2;2*1H4. The summed E-state index contributed by atoms with van der Waals surface area (Å²) >= 11 is 0. The predicted molar refractivity (Wildman–Crippen MR) is 46.2 cm³/mol. The first-order valence-electron chi connectivity index (χ1n) is 2.62. The van der Waals surface area contributed by atoms with E-state index < -0.39 is 12.1 Å². The van der Waals surface area contributed by atoms with E-state index in [0.29, 0.717) is 12.6 Å². The van der Waals surface area contributed by atoms with Crippen molar-refractivity contribution >= 4 is 12.6 Å². The summed E-state index contributed by atoms with van der Waals surface area (Å²) in [4.78, 5) is 19.7. The van der Waals surface area contributed by atoms with Crippen LogP contribution < -0.4 is 11.5 Å². The highest BCUT2D eigenvalue weighted by Gasteiger charge is 2.05. The number of aldehydes is 2. The summed E-state index contributed by atoms with van der Waals surface area (Å²) in [7, 11) is 0. The van der Waals surface area contributed by atoms with Gasteiger partial charge in [0.15, 0.2) is 0 Å². The van der Waals surface area contributed by atoms with E-state index in [-0.39, 0.29) is 21.3 Å². The number of hydrogen-bond acceptors (Lipinski definition) is 4. The molecule has 0 aliphatic heterocycles. The Morgan fingerprint density at radius 2 is 1.27 bits per heavy atom. The zero-order valence-corrected chi connectivity index (χ0v) is 4.99. The Labute approximate surface area is 67.9 Å². The largest absolute Gasteiger partial charge is 0.322 e. The summed E-state index contributed by atoms with van der Waals surface area (Å²) in [5.74, 6) is 0. The predicted octanol–water partition coefficient (Wildman–Crippen LogP) is -0.299. The Kier molecular flexibility index (Phi) is 14.1. The fourth-order valence-electron chi connectivity index (χ4n) is 0.425. The maximum absolute atomic E-state index is 9.86. The number of carbonyl (C=O) groups excluding carboxylic acids is 2. The molecule has 0 bridgehead atoms. The van der Waals surface area contributed by atoms with Gasteiger partial charge in [-0.1, -0.05) is 14.9 Å². The van der Waals surface area contributed by atoms with Crippen LogP contribution in [0.2, 0.25) is 0 Å². The third-order valence-electron chi connectivity index (χ3n) is 0.894. The smallest absolute Gasteiger partial charge is 0.136 e. The van der Waals surface area contributed by atoms with Crippen LogP contribution in [0, 0.1) is 0 Å². The van der Waals surface area contributed by atoms with Gasteiger partial charge < -0.3 is 21.1 Å². The molecule has 0 fully saturated rings. The van der Waals surface area contributed by atoms with Gasteiger partial charge in [-0.15, -0.1) is 0 Å². The van der Waals surface area contributed by atoms with Crippen LogP contribution in [-0.2, 0) is 9.59 Å². The molecule has 0 heterocycles. The molecular formula is C7H18N2O2. The van der Waals surface area contributed by atoms with Crippen LogP contribution in [0.15, 0.2) is 0 Å². The van der Waals surface area contributed by atoms with Crippen LogP contribution in [0.5, 0.6) is 0 Å². The van der Waals surface area contributed by atoms with E-state index in [1.807, 2.05) is 0 Å². The van der Waals surface area contributed by atoms with Crippen LogP contribution in [-0.4, -0.2) is 24.7 Å². The normalized spacial score (nSPS) is 13.3. The van der Waals surface area contributed by atoms with E-state index in [4.69, 9.17) is 11.5 Å². The van der Waals surface area contributed by atoms with Crippen LogP contribution in [0.25, 0.3) is 0 Å². The monoisotopic (exact) mass is 162 g/mol. The second-order valence-corrected chi connectivity index (χ2v) is 1.84. The fourth-order valence-corrected chi connectivity index (χ4v) is 0.425. The summed E-state index contributed by atoms with van der Waals surface area (Å²) in [6, 6.07) is -1.21. The van der Waals surface area contributed by atoms with E-state index in [2.05, 4.69) is 0 Å². The van der Waals surface area contributed by atoms with Gasteiger partial charge in [-0.25, -0.2) is 0 Å². The molecule has 4 N–H and O–H groups in total. The Balaban J connectivity index is -0.000000320. The molecule has 0 spiro atoms. The molecule has 0 rings (SSSR count). The summed E-state index contributed by atoms with van der Waals surface area (Å²) in [5, 5.41) is 0. The molecule has 0 aliphatic carbocycles. The Hall–Kier alpha value is -0.740. The second kappa shape index (κ2) is 9.26. The van der Waals surface area contributed by atoms with Crippen molar-refractivity contribution in [1.82, 2.24) is 0 Å². The van der Waals surface area contributed by atoms with Crippen molar-refractivity contribution in [3.8, 4) is 0 Å². The van der Waals surface area contributed by atoms with Gasteiger partial charge in [0.1, 0.15) is 12.6 Å². The SMILES string of the molecule is C.C.NC(C=O)CC(N)C=O. The average Bonchev–Trinajstić information content (AvgIpc) is 1.87. The highest BCUT2D eigenvalue weighted by molar-refractivity contribution is 5.62. The van der Waals surface area contributed by atoms with Gasteiger partial charge in [-0.05, 0) is 6.42 Å². The lowest BCUT2D eigenvalue weighted by atomic mass is 10.1. The summed E-state index contributed by atoms with van der Waals surface area (Å²) < 4.78 is 0. The van der Waals surface area contributed by atoms with E-state index in [1.54, 1.807) is 0 Å². The quantitative estimate of drug-likeness (QED) is 0.556. The van der Waals surface area contributed by atoms with Gasteiger partial charge in [0.05, 0.1) is 12.1 Å². The minimum Gasteiger partial charge on any atom is -0.322 e. The molecule has 0 aromatic heterocycles. The van der Waals surface area contributed by atoms with Crippen molar-refractivity contribution in [1.29, 1.82) is 0 Å². The van der Waals surface area contributed by atoms with Gasteiger partial charge >= 0.3 is 0 Å². The number of hydrogen-bond donors (Lipinski definition) is 2. The van der Waals surface area contributed by atoms with Crippen LogP contribution >= 0.6 is 0 Å². The van der Waals surface area contributed by atoms with E-state index in [0.717, 1.165) is 0 Å². The number of nitrogens with two attached hydrogens (primary N) is 2. The van der Waals surface area contributed by atoms with Crippen LogP contribution in [0.4, 0.5) is 0 Å². The summed E-state index contributed by atoms with van der Waals surface area (Å²) in [5.41, 5.74) is 10.3. The second-order valence-electron chi connectivity index (χ2n) is 1.84. The fraction of sp³-hybridized carbons (Fsp3) is 0.714. The van der Waals surface area contributed by atoms with Crippen LogP contribution in [0.1, 0.15) is 21.3 Å². The molecule has 11 heavy (non-hydrogen) atoms. The molecule has 4 heteroatoms. The van der Waals surface area contributed by atoms with Gasteiger partial charge in [-0.2, -0.15) is 0 Å². The molecule has 2 unspecified atom stereocenters. The topological polar surface area (TPSA) is 86.2 Å². The highest BCUT2D eigenvalue weighted by atomic mass is 16.1. The summed E-state index contributed by atoms with van der Waals surface area (Å²) in [6.45, 7) is 0. The molecule has 0 saturated heterocycles. The number of rotatable bonds is 4. The third-order valence-corrected chi connectivity index (χ3v) is 0.894. The minimum absolute atomic E-state index is 0. The van der Waals surface area contributed by atoms with Gasteiger partial charge in [0.25, 0.3) is 0 Å². The zero-order chi connectivity index (χ0) is 7.28. The third kappa shape index (κ3) is 9.26. The molecule has 0 amide bonds. The first-order chi connectivity index (χ1) is 4.20. The van der Waals surface area contributed by atoms with Crippen molar-refractivity contribution in [2.45, 2.75) is 33.4 Å². The van der Waals surface area contributed by atoms with Crippen molar-refractivity contribution < 1.29 is 9.59 Å². The Bertz CT molecular complexity index is 94.6. The lowest BCUT2D eigenvalue weighted by Gasteiger charge is -2.04. The molecule has 0 aliphatic rings. The summed E-state index contributed by atoms with van der Waals surface area (Å²) in [6.07, 6.45) is 1.37. The van der Waals surface area contributed by atoms with Gasteiger partial charge in [0.2, 0.25) is 0 Å². The van der Waals surface area contributed by atoms with E-state index >= 15 is 0 Å². The lowest BCUT2D eigenvalue weighted by Crippen LogP contribution is -2.33. The average molecular weight is 162 g/mol. The first-order valence-corrected chi connectivity index (χ1v) is 2.62. The van der Waals surface area contributed by atoms with Crippen molar-refractivity contribution in [3.63, 3.8) is 0 Å². The lowest BCUT2D eigenvalue weighted by molar-refractivity contribution is -0.110. The molecule has 0 aromatic carbocycles. The molecule has 0 aromatic rings. The molecule has 2 atom stereocenters. The van der Waals surface area contributed by atoms with Crippen molar-refractivity contribution in [3.05, 3.63) is 0 Å². The molecular weight excluding hydrogens is 144 g/mol. The Morgan fingerprint density at radius 1 is 1.00 bits per heavy atom. The highest BCUT2D eigenvalue weighted by Crippen LogP contribution is 1.85. The van der Waals surface area contributed by atoms with Crippen molar-refractivity contribution in [2.75, 3.05) is 0 Å². The zero-order valence-electron chi connectivity index (χ0n) is 4.99. The molecule has 4 nitrogen and oxygen atoms in total. The first kappa shape index (κ1) is 16.7. The maximum Gasteiger partial charge on any atom is 0.136 e. The molecule has 68 valence electrons. The van der Waals surface area contributed by atoms with Gasteiger partial charge in [0, 0.05) is 0 Å². The Morgan fingerprint density at radius 3 is 1.45 bits per heavy atom. The molecule has 0 saturated carbocycles. The number of carbonyl (C=O) groups is 2. The molecule has 0 radical (unpaired) electrons. The van der Waals surface area contributed by atoms with E-state index in [1.165, 1.54) is 0 Å². The minimum atomic E-state index is -0.606. The van der Waals surface area contributed by atoms with Gasteiger partial charge in [-0.3, -0.25) is 0 Å².